The van der Waals surface area contributed by atoms with Crippen molar-refractivity contribution in [3.63, 3.8) is 0 Å². The molecule has 1 aliphatic heterocycles. The van der Waals surface area contributed by atoms with Crippen LogP contribution in [0.3, 0.4) is 0 Å². The van der Waals surface area contributed by atoms with Crippen molar-refractivity contribution in [1.29, 1.82) is 0 Å². The first-order valence-electron chi connectivity index (χ1n) is 5.28. The van der Waals surface area contributed by atoms with Crippen molar-refractivity contribution in [3.8, 4) is 0 Å². The normalized spacial score (nSPS) is 23.0. The van der Waals surface area contributed by atoms with Crippen molar-refractivity contribution in [3.05, 3.63) is 34.3 Å². The van der Waals surface area contributed by atoms with Gasteiger partial charge in [0.05, 0.1) is 0 Å². The van der Waals surface area contributed by atoms with E-state index < -0.39 is 0 Å². The molecule has 0 bridgehead atoms. The largest absolute Gasteiger partial charge is 0.324 e. The van der Waals surface area contributed by atoms with E-state index in [4.69, 9.17) is 17.3 Å². The van der Waals surface area contributed by atoms with Gasteiger partial charge in [-0.3, -0.25) is 0 Å². The summed E-state index contributed by atoms with van der Waals surface area (Å²) in [7, 11) is 0. The lowest BCUT2D eigenvalue weighted by atomic mass is 9.93. The van der Waals surface area contributed by atoms with E-state index in [1.807, 2.05) is 24.8 Å². The van der Waals surface area contributed by atoms with Gasteiger partial charge in [0.25, 0.3) is 0 Å². The van der Waals surface area contributed by atoms with Crippen LogP contribution in [0.15, 0.2) is 18.2 Å². The van der Waals surface area contributed by atoms with E-state index in [1.165, 1.54) is 23.5 Å². The standard InChI is InChI=1S/C12H16ClNS/c1-8-2-3-9(6-11(8)13)12(14)10-4-5-15-7-10/h2-3,6,10,12H,4-5,7,14H2,1H3. The van der Waals surface area contributed by atoms with Crippen LogP contribution in [0.5, 0.6) is 0 Å². The third kappa shape index (κ3) is 2.49. The van der Waals surface area contributed by atoms with Crippen molar-refractivity contribution in [2.45, 2.75) is 19.4 Å². The van der Waals surface area contributed by atoms with E-state index in [9.17, 15) is 0 Å². The van der Waals surface area contributed by atoms with E-state index in [1.54, 1.807) is 0 Å². The monoisotopic (exact) mass is 241 g/mol. The number of hydrogen-bond acceptors (Lipinski definition) is 2. The fourth-order valence-corrected chi connectivity index (χ4v) is 3.43. The Morgan fingerprint density at radius 3 is 2.93 bits per heavy atom. The first-order valence-corrected chi connectivity index (χ1v) is 6.81. The van der Waals surface area contributed by atoms with Crippen molar-refractivity contribution in [1.82, 2.24) is 0 Å². The molecule has 2 atom stereocenters. The van der Waals surface area contributed by atoms with E-state index in [0.29, 0.717) is 5.92 Å². The highest BCUT2D eigenvalue weighted by molar-refractivity contribution is 7.99. The summed E-state index contributed by atoms with van der Waals surface area (Å²) in [5.74, 6) is 3.05. The van der Waals surface area contributed by atoms with Gasteiger partial charge in [0.15, 0.2) is 0 Å². The highest BCUT2D eigenvalue weighted by Crippen LogP contribution is 2.33. The van der Waals surface area contributed by atoms with E-state index >= 15 is 0 Å². The lowest BCUT2D eigenvalue weighted by molar-refractivity contribution is 0.482. The zero-order valence-corrected chi connectivity index (χ0v) is 10.4. The number of aryl methyl sites for hydroxylation is 1. The highest BCUT2D eigenvalue weighted by Gasteiger charge is 2.23. The number of halogens is 1. The minimum Gasteiger partial charge on any atom is -0.324 e. The summed E-state index contributed by atoms with van der Waals surface area (Å²) >= 11 is 8.10. The van der Waals surface area contributed by atoms with Gasteiger partial charge >= 0.3 is 0 Å². The van der Waals surface area contributed by atoms with Crippen LogP contribution in [0.2, 0.25) is 5.02 Å². The molecule has 2 unspecified atom stereocenters. The molecule has 1 aliphatic rings. The summed E-state index contributed by atoms with van der Waals surface area (Å²) < 4.78 is 0. The lowest BCUT2D eigenvalue weighted by Gasteiger charge is -2.19. The number of nitrogens with two attached hydrogens (primary N) is 1. The first-order chi connectivity index (χ1) is 7.18. The smallest absolute Gasteiger partial charge is 0.0438 e. The molecule has 2 N–H and O–H groups in total. The fourth-order valence-electron chi connectivity index (χ4n) is 1.92. The second-order valence-corrected chi connectivity index (χ2v) is 5.72. The van der Waals surface area contributed by atoms with Crippen LogP contribution >= 0.6 is 23.4 Å². The van der Waals surface area contributed by atoms with Crippen LogP contribution in [0.1, 0.15) is 23.6 Å². The van der Waals surface area contributed by atoms with Crippen molar-refractivity contribution >= 4 is 23.4 Å². The zero-order chi connectivity index (χ0) is 10.8. The first kappa shape index (κ1) is 11.3. The molecule has 1 aromatic rings. The predicted octanol–water partition coefficient (Wildman–Crippen LogP) is 3.40. The second kappa shape index (κ2) is 4.77. The Hall–Kier alpha value is -0.180. The highest BCUT2D eigenvalue weighted by atomic mass is 35.5. The maximum absolute atomic E-state index is 6.25. The molecule has 0 radical (unpaired) electrons. The Bertz CT molecular complexity index is 347. The Balaban J connectivity index is 2.17. The fraction of sp³-hybridized carbons (Fsp3) is 0.500. The summed E-state index contributed by atoms with van der Waals surface area (Å²) in [4.78, 5) is 0. The Morgan fingerprint density at radius 2 is 2.33 bits per heavy atom. The number of hydrogen-bond donors (Lipinski definition) is 1. The molecule has 0 aliphatic carbocycles. The van der Waals surface area contributed by atoms with E-state index in [0.717, 1.165) is 10.6 Å². The van der Waals surface area contributed by atoms with E-state index in [2.05, 4.69) is 12.1 Å². The molecule has 0 saturated carbocycles. The van der Waals surface area contributed by atoms with Crippen LogP contribution < -0.4 is 5.73 Å². The molecule has 1 saturated heterocycles. The van der Waals surface area contributed by atoms with Gasteiger partial charge < -0.3 is 5.73 Å². The topological polar surface area (TPSA) is 26.0 Å². The predicted molar refractivity (Wildman–Crippen MR) is 68.5 cm³/mol. The van der Waals surface area contributed by atoms with Gasteiger partial charge in [-0.2, -0.15) is 11.8 Å². The Kier molecular flexibility index (Phi) is 3.60. The van der Waals surface area contributed by atoms with Crippen LogP contribution in [0, 0.1) is 12.8 Å². The van der Waals surface area contributed by atoms with Crippen LogP contribution in [-0.4, -0.2) is 11.5 Å². The Labute approximate surface area is 100 Å². The number of benzene rings is 1. The summed E-state index contributed by atoms with van der Waals surface area (Å²) in [6, 6.07) is 6.33. The van der Waals surface area contributed by atoms with E-state index in [-0.39, 0.29) is 6.04 Å². The quantitative estimate of drug-likeness (QED) is 0.859. The molecule has 0 spiro atoms. The van der Waals surface area contributed by atoms with Gasteiger partial charge in [0, 0.05) is 11.1 Å². The number of rotatable bonds is 2. The third-order valence-electron chi connectivity index (χ3n) is 3.05. The van der Waals surface area contributed by atoms with Gasteiger partial charge in [-0.05, 0) is 48.0 Å². The summed E-state index contributed by atoms with van der Waals surface area (Å²) in [6.07, 6.45) is 1.23. The van der Waals surface area contributed by atoms with Gasteiger partial charge in [-0.25, -0.2) is 0 Å². The molecule has 1 fully saturated rings. The van der Waals surface area contributed by atoms with Gasteiger partial charge in [-0.1, -0.05) is 23.7 Å². The summed E-state index contributed by atoms with van der Waals surface area (Å²) in [5.41, 5.74) is 8.54. The van der Waals surface area contributed by atoms with Crippen LogP contribution in [0.25, 0.3) is 0 Å². The minimum absolute atomic E-state index is 0.151. The number of thioether (sulfide) groups is 1. The zero-order valence-electron chi connectivity index (χ0n) is 8.87. The third-order valence-corrected chi connectivity index (χ3v) is 4.65. The van der Waals surface area contributed by atoms with Crippen molar-refractivity contribution < 1.29 is 0 Å². The molecule has 0 aromatic heterocycles. The molecule has 1 aromatic carbocycles. The molecule has 1 nitrogen and oxygen atoms in total. The molecule has 1 heterocycles. The van der Waals surface area contributed by atoms with Gasteiger partial charge in [-0.15, -0.1) is 0 Å². The summed E-state index contributed by atoms with van der Waals surface area (Å²) in [5, 5.41) is 0.827. The lowest BCUT2D eigenvalue weighted by Crippen LogP contribution is -2.21. The van der Waals surface area contributed by atoms with Gasteiger partial charge in [0.2, 0.25) is 0 Å². The van der Waals surface area contributed by atoms with Crippen LogP contribution in [-0.2, 0) is 0 Å². The maximum Gasteiger partial charge on any atom is 0.0438 e. The Morgan fingerprint density at radius 1 is 1.53 bits per heavy atom. The molecule has 15 heavy (non-hydrogen) atoms. The molecule has 3 heteroatoms. The van der Waals surface area contributed by atoms with Gasteiger partial charge in [0.1, 0.15) is 0 Å². The molecular formula is C12H16ClNS. The molecule has 2 rings (SSSR count). The van der Waals surface area contributed by atoms with Crippen LogP contribution in [0.4, 0.5) is 0 Å². The molecular weight excluding hydrogens is 226 g/mol. The SMILES string of the molecule is Cc1ccc(C(N)C2CCSC2)cc1Cl. The molecule has 0 amide bonds. The average molecular weight is 242 g/mol. The second-order valence-electron chi connectivity index (χ2n) is 4.16. The van der Waals surface area contributed by atoms with Crippen molar-refractivity contribution in [2.75, 3.05) is 11.5 Å². The summed E-state index contributed by atoms with van der Waals surface area (Å²) in [6.45, 7) is 2.02. The maximum atomic E-state index is 6.25. The molecule has 82 valence electrons. The average Bonchev–Trinajstić information content (AvgIpc) is 2.74. The van der Waals surface area contributed by atoms with Crippen molar-refractivity contribution in [2.24, 2.45) is 11.7 Å². The minimum atomic E-state index is 0.151.